The largest absolute Gasteiger partial charge is 0.866 e. The van der Waals surface area contributed by atoms with E-state index in [1.54, 1.807) is 6.08 Å². The van der Waals surface area contributed by atoms with E-state index < -0.39 is 0 Å². The third-order valence-electron chi connectivity index (χ3n) is 1.37. The molecule has 0 saturated heterocycles. The van der Waals surface area contributed by atoms with Crippen LogP contribution in [0.3, 0.4) is 0 Å². The lowest BCUT2D eigenvalue weighted by Crippen LogP contribution is -1.94. The van der Waals surface area contributed by atoms with Crippen LogP contribution in [0.1, 0.15) is 11.1 Å². The third-order valence-corrected chi connectivity index (χ3v) is 1.37. The highest BCUT2D eigenvalue weighted by Crippen LogP contribution is 2.19. The first kappa shape index (κ1) is 7.54. The highest BCUT2D eigenvalue weighted by atomic mass is 16.3. The van der Waals surface area contributed by atoms with Gasteiger partial charge in [-0.05, 0) is 11.3 Å². The zero-order valence-electron chi connectivity index (χ0n) is 6.04. The molecule has 0 fully saturated rings. The molecule has 0 unspecified atom stereocenters. The fourth-order valence-electron chi connectivity index (χ4n) is 0.815. The van der Waals surface area contributed by atoms with Gasteiger partial charge >= 0.3 is 12.5 Å². The van der Waals surface area contributed by atoms with Gasteiger partial charge in [0.05, 0.1) is 5.56 Å². The van der Waals surface area contributed by atoms with Crippen molar-refractivity contribution in [1.82, 2.24) is 0 Å². The van der Waals surface area contributed by atoms with Crippen LogP contribution in [0, 0.1) is 0 Å². The predicted octanol–water partition coefficient (Wildman–Crippen LogP) is 1.92. The van der Waals surface area contributed by atoms with Gasteiger partial charge < -0.3 is 5.11 Å². The SMILES string of the molecule is C=Cc1c[o+]cc([O-])c1C=C. The van der Waals surface area contributed by atoms with Crippen LogP contribution in [-0.4, -0.2) is 0 Å². The van der Waals surface area contributed by atoms with Crippen molar-refractivity contribution >= 4 is 12.2 Å². The van der Waals surface area contributed by atoms with E-state index in [0.717, 1.165) is 6.26 Å². The lowest BCUT2D eigenvalue weighted by Gasteiger charge is -2.04. The molecule has 0 bridgehead atoms. The zero-order valence-corrected chi connectivity index (χ0v) is 6.04. The zero-order chi connectivity index (χ0) is 8.27. The van der Waals surface area contributed by atoms with Gasteiger partial charge in [0.2, 0.25) is 0 Å². The van der Waals surface area contributed by atoms with Crippen LogP contribution in [0.15, 0.2) is 30.1 Å². The van der Waals surface area contributed by atoms with Gasteiger partial charge in [0.15, 0.2) is 0 Å². The van der Waals surface area contributed by atoms with Crippen LogP contribution in [0.2, 0.25) is 0 Å². The fraction of sp³-hybridized carbons (Fsp3) is 0. The molecule has 0 aliphatic carbocycles. The smallest absolute Gasteiger partial charge is 0.325 e. The van der Waals surface area contributed by atoms with E-state index in [2.05, 4.69) is 13.2 Å². The first-order chi connectivity index (χ1) is 5.29. The van der Waals surface area contributed by atoms with Crippen molar-refractivity contribution in [3.05, 3.63) is 36.8 Å². The Morgan fingerprint density at radius 3 is 2.45 bits per heavy atom. The van der Waals surface area contributed by atoms with Gasteiger partial charge in [-0.3, -0.25) is 0 Å². The van der Waals surface area contributed by atoms with E-state index in [1.807, 2.05) is 0 Å². The first-order valence-corrected chi connectivity index (χ1v) is 3.15. The molecule has 0 saturated carbocycles. The molecular weight excluding hydrogens is 140 g/mol. The van der Waals surface area contributed by atoms with Gasteiger partial charge in [0, 0.05) is 0 Å². The molecule has 2 heteroatoms. The molecular formula is C9H8O2. The molecule has 0 aliphatic heterocycles. The summed E-state index contributed by atoms with van der Waals surface area (Å²) in [6, 6.07) is 0. The maximum atomic E-state index is 11.0. The van der Waals surface area contributed by atoms with Crippen LogP contribution in [0.25, 0.3) is 12.2 Å². The second kappa shape index (κ2) is 3.01. The van der Waals surface area contributed by atoms with Crippen LogP contribution in [-0.2, 0) is 0 Å². The molecule has 1 rings (SSSR count). The van der Waals surface area contributed by atoms with E-state index in [-0.39, 0.29) is 5.75 Å². The molecule has 0 amide bonds. The van der Waals surface area contributed by atoms with Crippen LogP contribution < -0.4 is 5.11 Å². The van der Waals surface area contributed by atoms with Crippen LogP contribution in [0.5, 0.6) is 5.75 Å². The van der Waals surface area contributed by atoms with Gasteiger partial charge in [0.1, 0.15) is 0 Å². The summed E-state index contributed by atoms with van der Waals surface area (Å²) in [5, 5.41) is 11.0. The Bertz CT molecular complexity index is 290. The molecule has 0 N–H and O–H groups in total. The van der Waals surface area contributed by atoms with Gasteiger partial charge in [0.25, 0.3) is 0 Å². The standard InChI is InChI=1S/C9H8O2/c1-3-7-5-11-6-9(10)8(7)4-2/h3-6H,1-2H2. The topological polar surface area (TPSA) is 34.4 Å². The molecule has 0 radical (unpaired) electrons. The molecule has 0 atom stereocenters. The van der Waals surface area contributed by atoms with E-state index >= 15 is 0 Å². The average Bonchev–Trinajstić information content (AvgIpc) is 2.04. The minimum atomic E-state index is -0.169. The fourth-order valence-corrected chi connectivity index (χ4v) is 0.815. The predicted molar refractivity (Wildman–Crippen MR) is 42.7 cm³/mol. The monoisotopic (exact) mass is 148 g/mol. The molecule has 1 aromatic rings. The molecule has 11 heavy (non-hydrogen) atoms. The normalized spacial score (nSPS) is 9.09. The van der Waals surface area contributed by atoms with E-state index in [1.165, 1.54) is 12.3 Å². The van der Waals surface area contributed by atoms with Crippen molar-refractivity contribution < 1.29 is 9.52 Å². The highest BCUT2D eigenvalue weighted by molar-refractivity contribution is 5.66. The van der Waals surface area contributed by atoms with Crippen LogP contribution in [0.4, 0.5) is 0 Å². The Kier molecular flexibility index (Phi) is 2.06. The summed E-state index contributed by atoms with van der Waals surface area (Å²) in [5.41, 5.74) is 1.21. The molecule has 0 aliphatic rings. The molecule has 1 heterocycles. The Hall–Kier alpha value is -1.57. The molecule has 56 valence electrons. The van der Waals surface area contributed by atoms with Crippen molar-refractivity contribution in [1.29, 1.82) is 0 Å². The van der Waals surface area contributed by atoms with Crippen molar-refractivity contribution in [2.75, 3.05) is 0 Å². The average molecular weight is 148 g/mol. The van der Waals surface area contributed by atoms with Gasteiger partial charge in [-0.25, -0.2) is 4.42 Å². The number of hydrogen-bond donors (Lipinski definition) is 0. The Morgan fingerprint density at radius 2 is 2.00 bits per heavy atom. The van der Waals surface area contributed by atoms with Crippen molar-refractivity contribution in [3.63, 3.8) is 0 Å². The van der Waals surface area contributed by atoms with Crippen LogP contribution >= 0.6 is 0 Å². The summed E-state index contributed by atoms with van der Waals surface area (Å²) in [7, 11) is 0. The summed E-state index contributed by atoms with van der Waals surface area (Å²) in [4.78, 5) is 0. The molecule has 0 spiro atoms. The quantitative estimate of drug-likeness (QED) is 0.600. The van der Waals surface area contributed by atoms with Gasteiger partial charge in [-0.1, -0.05) is 25.3 Å². The molecule has 1 aromatic heterocycles. The lowest BCUT2D eigenvalue weighted by atomic mass is 10.1. The summed E-state index contributed by atoms with van der Waals surface area (Å²) in [5.74, 6) is -0.169. The minimum Gasteiger partial charge on any atom is -0.866 e. The Labute approximate surface area is 65.1 Å². The van der Waals surface area contributed by atoms with E-state index in [0.29, 0.717) is 11.1 Å². The molecule has 0 aromatic carbocycles. The maximum Gasteiger partial charge on any atom is 0.325 e. The highest BCUT2D eigenvalue weighted by Gasteiger charge is 2.02. The summed E-state index contributed by atoms with van der Waals surface area (Å²) < 4.78 is 4.74. The van der Waals surface area contributed by atoms with Gasteiger partial charge in [-0.15, -0.1) is 0 Å². The minimum absolute atomic E-state index is 0.169. The van der Waals surface area contributed by atoms with E-state index in [4.69, 9.17) is 4.42 Å². The second-order valence-electron chi connectivity index (χ2n) is 2.01. The number of hydrogen-bond acceptors (Lipinski definition) is 1. The van der Waals surface area contributed by atoms with Crippen molar-refractivity contribution in [2.45, 2.75) is 0 Å². The maximum absolute atomic E-state index is 11.0. The summed E-state index contributed by atoms with van der Waals surface area (Å²) in [6.45, 7) is 7.04. The third kappa shape index (κ3) is 1.29. The Balaban J connectivity index is 3.35. The summed E-state index contributed by atoms with van der Waals surface area (Å²) >= 11 is 0. The van der Waals surface area contributed by atoms with Crippen molar-refractivity contribution in [2.24, 2.45) is 0 Å². The summed E-state index contributed by atoms with van der Waals surface area (Å²) in [6.07, 6.45) is 5.66. The Morgan fingerprint density at radius 1 is 1.27 bits per heavy atom. The molecule has 2 nitrogen and oxygen atoms in total. The number of rotatable bonds is 2. The second-order valence-corrected chi connectivity index (χ2v) is 2.01. The van der Waals surface area contributed by atoms with Crippen molar-refractivity contribution in [3.8, 4) is 5.75 Å². The first-order valence-electron chi connectivity index (χ1n) is 3.15. The van der Waals surface area contributed by atoms with Gasteiger partial charge in [-0.2, -0.15) is 0 Å². The lowest BCUT2D eigenvalue weighted by molar-refractivity contribution is -0.270. The van der Waals surface area contributed by atoms with E-state index in [9.17, 15) is 5.11 Å².